The van der Waals surface area contributed by atoms with Gasteiger partial charge in [0.05, 0.1) is 12.9 Å². The van der Waals surface area contributed by atoms with Gasteiger partial charge in [0.1, 0.15) is 0 Å². The number of hydrogen-bond acceptors (Lipinski definition) is 3. The zero-order valence-corrected chi connectivity index (χ0v) is 7.49. The van der Waals surface area contributed by atoms with E-state index in [2.05, 4.69) is 6.26 Å². The van der Waals surface area contributed by atoms with Gasteiger partial charge >= 0.3 is 0 Å². The lowest BCUT2D eigenvalue weighted by molar-refractivity contribution is -0.168. The minimum atomic E-state index is -0.0244. The highest BCUT2D eigenvalue weighted by molar-refractivity contribution is 5.02. The van der Waals surface area contributed by atoms with E-state index in [4.69, 9.17) is 13.9 Å². The van der Waals surface area contributed by atoms with Crippen LogP contribution in [0.15, 0.2) is 16.7 Å². The molecule has 1 atom stereocenters. The first-order valence-electron chi connectivity index (χ1n) is 4.62. The summed E-state index contributed by atoms with van der Waals surface area (Å²) in [5.74, 6) is 0. The zero-order chi connectivity index (χ0) is 8.93. The molecule has 1 aliphatic rings. The second-order valence-electron chi connectivity index (χ2n) is 3.18. The standard InChI is InChI=1S/C10H13O3/c1-2-5-12-10(3-1)13-8-9-4-6-11-7-9/h4,7,10H,1-3,5,8H2. The Labute approximate surface area is 77.6 Å². The van der Waals surface area contributed by atoms with E-state index in [1.807, 2.05) is 0 Å². The summed E-state index contributed by atoms with van der Waals surface area (Å²) in [6.45, 7) is 1.37. The van der Waals surface area contributed by atoms with Crippen LogP contribution < -0.4 is 0 Å². The first-order valence-corrected chi connectivity index (χ1v) is 4.62. The van der Waals surface area contributed by atoms with Crippen LogP contribution in [0, 0.1) is 6.26 Å². The maximum Gasteiger partial charge on any atom is 0.169 e. The van der Waals surface area contributed by atoms with Crippen LogP contribution in [-0.2, 0) is 16.1 Å². The minimum absolute atomic E-state index is 0.0244. The predicted molar refractivity (Wildman–Crippen MR) is 45.9 cm³/mol. The van der Waals surface area contributed by atoms with E-state index in [1.165, 1.54) is 6.42 Å². The smallest absolute Gasteiger partial charge is 0.169 e. The van der Waals surface area contributed by atoms with Crippen molar-refractivity contribution < 1.29 is 13.9 Å². The Morgan fingerprint density at radius 2 is 2.54 bits per heavy atom. The molecular weight excluding hydrogens is 168 g/mol. The Balaban J connectivity index is 1.72. The molecule has 0 spiro atoms. The Bertz CT molecular complexity index is 224. The molecule has 2 rings (SSSR count). The van der Waals surface area contributed by atoms with Gasteiger partial charge < -0.3 is 13.9 Å². The average molecular weight is 181 g/mol. The summed E-state index contributed by atoms with van der Waals surface area (Å²) in [5.41, 5.74) is 1.01. The summed E-state index contributed by atoms with van der Waals surface area (Å²) < 4.78 is 15.7. The molecule has 3 nitrogen and oxygen atoms in total. The first kappa shape index (κ1) is 8.78. The quantitative estimate of drug-likeness (QED) is 0.715. The first-order chi connectivity index (χ1) is 6.45. The molecule has 2 heterocycles. The maximum atomic E-state index is 5.53. The molecule has 0 saturated carbocycles. The molecule has 0 aromatic carbocycles. The monoisotopic (exact) mass is 181 g/mol. The predicted octanol–water partition coefficient (Wildman–Crippen LogP) is 2.12. The van der Waals surface area contributed by atoms with Gasteiger partial charge in [-0.3, -0.25) is 0 Å². The van der Waals surface area contributed by atoms with E-state index >= 15 is 0 Å². The van der Waals surface area contributed by atoms with Crippen molar-refractivity contribution in [2.45, 2.75) is 32.2 Å². The lowest BCUT2D eigenvalue weighted by Crippen LogP contribution is -2.21. The Kier molecular flexibility index (Phi) is 3.00. The summed E-state index contributed by atoms with van der Waals surface area (Å²) in [6.07, 6.45) is 7.59. The van der Waals surface area contributed by atoms with Crippen LogP contribution >= 0.6 is 0 Å². The van der Waals surface area contributed by atoms with E-state index in [-0.39, 0.29) is 6.29 Å². The van der Waals surface area contributed by atoms with Gasteiger partial charge in [-0.25, -0.2) is 0 Å². The van der Waals surface area contributed by atoms with Crippen molar-refractivity contribution in [3.63, 3.8) is 0 Å². The van der Waals surface area contributed by atoms with Crippen molar-refractivity contribution in [3.8, 4) is 0 Å². The molecule has 1 unspecified atom stereocenters. The molecule has 0 N–H and O–H groups in total. The number of hydrogen-bond donors (Lipinski definition) is 0. The second kappa shape index (κ2) is 4.44. The Morgan fingerprint density at radius 1 is 1.54 bits per heavy atom. The molecule has 0 aliphatic carbocycles. The third kappa shape index (κ3) is 2.57. The largest absolute Gasteiger partial charge is 0.461 e. The van der Waals surface area contributed by atoms with E-state index < -0.39 is 0 Å². The highest BCUT2D eigenvalue weighted by Crippen LogP contribution is 2.15. The van der Waals surface area contributed by atoms with Gasteiger partial charge in [0.15, 0.2) is 12.6 Å². The molecule has 1 aliphatic heterocycles. The third-order valence-corrected chi connectivity index (χ3v) is 2.10. The van der Waals surface area contributed by atoms with E-state index in [0.29, 0.717) is 6.61 Å². The molecule has 1 fully saturated rings. The number of ether oxygens (including phenoxy) is 2. The van der Waals surface area contributed by atoms with E-state index in [9.17, 15) is 0 Å². The number of rotatable bonds is 3. The zero-order valence-electron chi connectivity index (χ0n) is 7.49. The number of furan rings is 1. The summed E-state index contributed by atoms with van der Waals surface area (Å²) in [5, 5.41) is 0. The summed E-state index contributed by atoms with van der Waals surface area (Å²) in [7, 11) is 0. The van der Waals surface area contributed by atoms with Crippen LogP contribution in [0.4, 0.5) is 0 Å². The maximum absolute atomic E-state index is 5.53. The summed E-state index contributed by atoms with van der Waals surface area (Å²) in [6, 6.07) is 1.78. The second-order valence-corrected chi connectivity index (χ2v) is 3.18. The van der Waals surface area contributed by atoms with Gasteiger partial charge in [0.2, 0.25) is 0 Å². The summed E-state index contributed by atoms with van der Waals surface area (Å²) in [4.78, 5) is 0. The van der Waals surface area contributed by atoms with E-state index in [1.54, 1.807) is 12.3 Å². The van der Waals surface area contributed by atoms with Crippen molar-refractivity contribution in [2.24, 2.45) is 0 Å². The van der Waals surface area contributed by atoms with Gasteiger partial charge in [-0.15, -0.1) is 0 Å². The van der Waals surface area contributed by atoms with Gasteiger partial charge in [0, 0.05) is 12.2 Å². The Hall–Kier alpha value is -0.800. The van der Waals surface area contributed by atoms with Crippen LogP contribution in [0.3, 0.4) is 0 Å². The van der Waals surface area contributed by atoms with Crippen molar-refractivity contribution in [1.82, 2.24) is 0 Å². The average Bonchev–Trinajstić information content (AvgIpc) is 2.69. The normalized spacial score (nSPS) is 23.2. The molecule has 3 heteroatoms. The summed E-state index contributed by atoms with van der Waals surface area (Å²) >= 11 is 0. The highest BCUT2D eigenvalue weighted by atomic mass is 16.7. The SMILES string of the molecule is [c]1cc(COC2CCCCO2)co1. The van der Waals surface area contributed by atoms with E-state index in [0.717, 1.165) is 25.0 Å². The lowest BCUT2D eigenvalue weighted by Gasteiger charge is -2.22. The van der Waals surface area contributed by atoms with Crippen LogP contribution in [0.2, 0.25) is 0 Å². The molecule has 1 saturated heterocycles. The van der Waals surface area contributed by atoms with Gasteiger partial charge in [-0.2, -0.15) is 0 Å². The van der Waals surface area contributed by atoms with Crippen molar-refractivity contribution in [2.75, 3.05) is 6.61 Å². The Morgan fingerprint density at radius 3 is 3.23 bits per heavy atom. The fourth-order valence-electron chi connectivity index (χ4n) is 1.36. The molecule has 71 valence electrons. The fourth-order valence-corrected chi connectivity index (χ4v) is 1.36. The molecule has 1 aromatic heterocycles. The van der Waals surface area contributed by atoms with Crippen LogP contribution in [0.25, 0.3) is 0 Å². The van der Waals surface area contributed by atoms with Crippen LogP contribution in [0.1, 0.15) is 24.8 Å². The van der Waals surface area contributed by atoms with Crippen molar-refractivity contribution in [3.05, 3.63) is 24.2 Å². The third-order valence-electron chi connectivity index (χ3n) is 2.10. The van der Waals surface area contributed by atoms with Crippen molar-refractivity contribution >= 4 is 0 Å². The molecule has 0 bridgehead atoms. The van der Waals surface area contributed by atoms with Gasteiger partial charge in [-0.05, 0) is 25.3 Å². The fraction of sp³-hybridized carbons (Fsp3) is 0.600. The highest BCUT2D eigenvalue weighted by Gasteiger charge is 2.13. The van der Waals surface area contributed by atoms with Gasteiger partial charge in [-0.1, -0.05) is 0 Å². The molecule has 1 aromatic rings. The van der Waals surface area contributed by atoms with Crippen molar-refractivity contribution in [1.29, 1.82) is 0 Å². The lowest BCUT2D eigenvalue weighted by atomic mass is 10.2. The molecule has 13 heavy (non-hydrogen) atoms. The van der Waals surface area contributed by atoms with Crippen LogP contribution in [0.5, 0.6) is 0 Å². The topological polar surface area (TPSA) is 31.6 Å². The van der Waals surface area contributed by atoms with Crippen LogP contribution in [-0.4, -0.2) is 12.9 Å². The van der Waals surface area contributed by atoms with Gasteiger partial charge in [0.25, 0.3) is 0 Å². The molecule has 1 radical (unpaired) electrons. The molecule has 0 amide bonds. The molecular formula is C10H13O3. The minimum Gasteiger partial charge on any atom is -0.461 e.